The minimum Gasteiger partial charge on any atom is -0.403 e. The standard InChI is InChI=1S/C4H6N2O2S/c1-9(7,8)4(2-5)3-6/h2H,5H2,1H3/b4-2+. The zero-order chi connectivity index (χ0) is 7.49. The van der Waals surface area contributed by atoms with Gasteiger partial charge in [0.2, 0.25) is 0 Å². The van der Waals surface area contributed by atoms with Crippen LogP contribution in [0.4, 0.5) is 0 Å². The van der Waals surface area contributed by atoms with Crippen molar-refractivity contribution in [3.8, 4) is 6.07 Å². The van der Waals surface area contributed by atoms with E-state index in [-0.39, 0.29) is 0 Å². The van der Waals surface area contributed by atoms with Crippen LogP contribution in [0.1, 0.15) is 0 Å². The van der Waals surface area contributed by atoms with Gasteiger partial charge in [-0.2, -0.15) is 5.26 Å². The number of allylic oxidation sites excluding steroid dienone is 1. The first-order valence-electron chi connectivity index (χ1n) is 2.04. The fourth-order valence-corrected chi connectivity index (χ4v) is 0.657. The van der Waals surface area contributed by atoms with E-state index in [0.717, 1.165) is 12.5 Å². The van der Waals surface area contributed by atoms with Gasteiger partial charge in [-0.3, -0.25) is 0 Å². The van der Waals surface area contributed by atoms with Crippen LogP contribution in [0.3, 0.4) is 0 Å². The Kier molecular flexibility index (Phi) is 2.22. The van der Waals surface area contributed by atoms with Gasteiger partial charge in [0.1, 0.15) is 6.07 Å². The van der Waals surface area contributed by atoms with Crippen molar-refractivity contribution in [3.05, 3.63) is 11.1 Å². The Hall–Kier alpha value is -1.02. The molecule has 0 saturated heterocycles. The van der Waals surface area contributed by atoms with Crippen molar-refractivity contribution in [2.75, 3.05) is 6.26 Å². The van der Waals surface area contributed by atoms with Gasteiger partial charge in [0.15, 0.2) is 14.7 Å². The summed E-state index contributed by atoms with van der Waals surface area (Å²) in [5.41, 5.74) is 4.81. The SMILES string of the molecule is CS(=O)(=O)/C(C#N)=C/N. The molecule has 0 saturated carbocycles. The third-order valence-corrected chi connectivity index (χ3v) is 1.69. The smallest absolute Gasteiger partial charge is 0.186 e. The van der Waals surface area contributed by atoms with Gasteiger partial charge in [0.05, 0.1) is 0 Å². The Bertz CT molecular complexity index is 257. The van der Waals surface area contributed by atoms with Crippen molar-refractivity contribution in [2.24, 2.45) is 5.73 Å². The molecule has 0 aromatic heterocycles. The normalized spacial score (nSPS) is 12.7. The van der Waals surface area contributed by atoms with Crippen LogP contribution in [0.25, 0.3) is 0 Å². The van der Waals surface area contributed by atoms with E-state index in [2.05, 4.69) is 0 Å². The molecule has 2 N–H and O–H groups in total. The molecule has 0 aromatic carbocycles. The van der Waals surface area contributed by atoms with Crippen LogP contribution in [0.5, 0.6) is 0 Å². The van der Waals surface area contributed by atoms with Crippen molar-refractivity contribution in [2.45, 2.75) is 0 Å². The van der Waals surface area contributed by atoms with Crippen molar-refractivity contribution in [1.29, 1.82) is 5.26 Å². The van der Waals surface area contributed by atoms with Crippen LogP contribution < -0.4 is 5.73 Å². The molecule has 0 unspecified atom stereocenters. The van der Waals surface area contributed by atoms with Gasteiger partial charge in [-0.15, -0.1) is 0 Å². The highest BCUT2D eigenvalue weighted by atomic mass is 32.2. The first-order chi connectivity index (χ1) is 4.02. The zero-order valence-corrected chi connectivity index (χ0v) is 5.64. The van der Waals surface area contributed by atoms with E-state index in [1.807, 2.05) is 0 Å². The lowest BCUT2D eigenvalue weighted by Crippen LogP contribution is -2.00. The molecule has 50 valence electrons. The molecule has 0 aliphatic carbocycles. The van der Waals surface area contributed by atoms with Gasteiger partial charge in [0.25, 0.3) is 0 Å². The maximum atomic E-state index is 10.4. The van der Waals surface area contributed by atoms with Crippen molar-refractivity contribution >= 4 is 9.84 Å². The highest BCUT2D eigenvalue weighted by Crippen LogP contribution is 1.98. The fourth-order valence-electron chi connectivity index (χ4n) is 0.244. The molecular formula is C4H6N2O2S. The second kappa shape index (κ2) is 2.51. The molecule has 5 heteroatoms. The molecule has 0 radical (unpaired) electrons. The second-order valence-corrected chi connectivity index (χ2v) is 3.40. The van der Waals surface area contributed by atoms with Gasteiger partial charge >= 0.3 is 0 Å². The summed E-state index contributed by atoms with van der Waals surface area (Å²) in [5, 5.41) is 8.08. The predicted octanol–water partition coefficient (Wildman–Crippen LogP) is -0.645. The molecule has 4 nitrogen and oxygen atoms in total. The summed E-state index contributed by atoms with van der Waals surface area (Å²) in [6.07, 6.45) is 1.70. The molecule has 0 aliphatic heterocycles. The van der Waals surface area contributed by atoms with Crippen LogP contribution in [0.15, 0.2) is 11.1 Å². The summed E-state index contributed by atoms with van der Waals surface area (Å²) in [6.45, 7) is 0. The molecule has 0 aromatic rings. The topological polar surface area (TPSA) is 84.0 Å². The number of rotatable bonds is 1. The molecule has 9 heavy (non-hydrogen) atoms. The first kappa shape index (κ1) is 7.98. The summed E-state index contributed by atoms with van der Waals surface area (Å²) in [4.78, 5) is -0.400. The minimum atomic E-state index is -3.39. The minimum absolute atomic E-state index is 0.400. The van der Waals surface area contributed by atoms with Gasteiger partial charge in [0, 0.05) is 12.5 Å². The molecule has 0 rings (SSSR count). The number of nitrogens with zero attached hydrogens (tertiary/aromatic N) is 1. The lowest BCUT2D eigenvalue weighted by Gasteiger charge is -1.87. The molecule has 0 bridgehead atoms. The average Bonchev–Trinajstić information content (AvgIpc) is 1.65. The number of nitriles is 1. The number of nitrogens with two attached hydrogens (primary N) is 1. The van der Waals surface area contributed by atoms with Crippen molar-refractivity contribution in [3.63, 3.8) is 0 Å². The Morgan fingerprint density at radius 3 is 2.22 bits per heavy atom. The third kappa shape index (κ3) is 2.15. The second-order valence-electron chi connectivity index (χ2n) is 1.41. The molecule has 0 spiro atoms. The number of hydrogen-bond acceptors (Lipinski definition) is 4. The highest BCUT2D eigenvalue weighted by Gasteiger charge is 2.07. The Labute approximate surface area is 53.5 Å². The average molecular weight is 146 g/mol. The van der Waals surface area contributed by atoms with E-state index in [0.29, 0.717) is 0 Å². The summed E-state index contributed by atoms with van der Waals surface area (Å²) < 4.78 is 20.8. The quantitative estimate of drug-likeness (QED) is 0.498. The molecule has 0 amide bonds. The lowest BCUT2D eigenvalue weighted by atomic mass is 10.7. The lowest BCUT2D eigenvalue weighted by molar-refractivity contribution is 0.608. The molecular weight excluding hydrogens is 140 g/mol. The van der Waals surface area contributed by atoms with E-state index in [1.165, 1.54) is 6.07 Å². The highest BCUT2D eigenvalue weighted by molar-refractivity contribution is 7.94. The zero-order valence-electron chi connectivity index (χ0n) is 4.83. The van der Waals surface area contributed by atoms with Gasteiger partial charge in [-0.25, -0.2) is 8.42 Å². The van der Waals surface area contributed by atoms with Gasteiger partial charge in [-0.1, -0.05) is 0 Å². The summed E-state index contributed by atoms with van der Waals surface area (Å²) in [6, 6.07) is 1.44. The predicted molar refractivity (Wildman–Crippen MR) is 32.7 cm³/mol. The van der Waals surface area contributed by atoms with Crippen LogP contribution in [0, 0.1) is 11.3 Å². The van der Waals surface area contributed by atoms with E-state index in [1.54, 1.807) is 0 Å². The van der Waals surface area contributed by atoms with E-state index in [9.17, 15) is 8.42 Å². The van der Waals surface area contributed by atoms with E-state index < -0.39 is 14.7 Å². The summed E-state index contributed by atoms with van der Waals surface area (Å²) >= 11 is 0. The van der Waals surface area contributed by atoms with Gasteiger partial charge in [-0.05, 0) is 0 Å². The number of sulfone groups is 1. The van der Waals surface area contributed by atoms with Crippen LogP contribution in [-0.2, 0) is 9.84 Å². The Morgan fingerprint density at radius 2 is 2.22 bits per heavy atom. The van der Waals surface area contributed by atoms with Gasteiger partial charge < -0.3 is 5.73 Å². The first-order valence-corrected chi connectivity index (χ1v) is 3.93. The molecule has 0 aliphatic rings. The third-order valence-electron chi connectivity index (χ3n) is 0.661. The van der Waals surface area contributed by atoms with Crippen molar-refractivity contribution < 1.29 is 8.42 Å². The number of hydrogen-bond donors (Lipinski definition) is 1. The van der Waals surface area contributed by atoms with E-state index in [4.69, 9.17) is 11.0 Å². The largest absolute Gasteiger partial charge is 0.403 e. The molecule has 0 heterocycles. The maximum absolute atomic E-state index is 10.4. The van der Waals surface area contributed by atoms with E-state index >= 15 is 0 Å². The monoisotopic (exact) mass is 146 g/mol. The van der Waals surface area contributed by atoms with Crippen LogP contribution in [0.2, 0.25) is 0 Å². The maximum Gasteiger partial charge on any atom is 0.186 e. The Balaban J connectivity index is 4.85. The van der Waals surface area contributed by atoms with Crippen LogP contribution >= 0.6 is 0 Å². The summed E-state index contributed by atoms with van der Waals surface area (Å²) in [5.74, 6) is 0. The van der Waals surface area contributed by atoms with Crippen LogP contribution in [-0.4, -0.2) is 14.7 Å². The van der Waals surface area contributed by atoms with Crippen molar-refractivity contribution in [1.82, 2.24) is 0 Å². The molecule has 0 atom stereocenters. The Morgan fingerprint density at radius 1 is 1.78 bits per heavy atom. The fraction of sp³-hybridized carbons (Fsp3) is 0.250. The summed E-state index contributed by atoms with van der Waals surface area (Å²) in [7, 11) is -3.39. The molecule has 0 fully saturated rings.